The number of methoxy groups -OCH3 is 1. The fourth-order valence-corrected chi connectivity index (χ4v) is 4.10. The van der Waals surface area contributed by atoms with Crippen LogP contribution in [0.15, 0.2) is 23.1 Å². The Kier molecular flexibility index (Phi) is 4.72. The first kappa shape index (κ1) is 16.0. The predicted molar refractivity (Wildman–Crippen MR) is 76.4 cm³/mol. The molecule has 116 valence electrons. The van der Waals surface area contributed by atoms with Crippen molar-refractivity contribution in [1.29, 1.82) is 0 Å². The quantitative estimate of drug-likeness (QED) is 0.638. The molecule has 1 aliphatic rings. The number of carbonyl (C=O) groups is 1. The van der Waals surface area contributed by atoms with Crippen LogP contribution in [0.2, 0.25) is 5.02 Å². The number of hydrogen-bond donors (Lipinski definition) is 1. The number of hydrogen-bond acceptors (Lipinski definition) is 6. The van der Waals surface area contributed by atoms with Gasteiger partial charge in [0.2, 0.25) is 10.0 Å². The average molecular weight is 335 g/mol. The molecular weight excluding hydrogens is 320 g/mol. The summed E-state index contributed by atoms with van der Waals surface area (Å²) in [6.45, 7) is 0.158. The Bertz CT molecular complexity index is 649. The van der Waals surface area contributed by atoms with Gasteiger partial charge in [-0.2, -0.15) is 4.31 Å². The molecule has 1 aliphatic heterocycles. The van der Waals surface area contributed by atoms with Crippen molar-refractivity contribution in [3.05, 3.63) is 23.2 Å². The van der Waals surface area contributed by atoms with Gasteiger partial charge in [0.05, 0.1) is 25.3 Å². The van der Waals surface area contributed by atoms with E-state index >= 15 is 0 Å². The van der Waals surface area contributed by atoms with Crippen molar-refractivity contribution in [1.82, 2.24) is 4.31 Å². The zero-order valence-corrected chi connectivity index (χ0v) is 12.9. The van der Waals surface area contributed by atoms with Gasteiger partial charge < -0.3 is 15.2 Å². The third-order valence-corrected chi connectivity index (χ3v) is 5.48. The van der Waals surface area contributed by atoms with E-state index in [0.29, 0.717) is 0 Å². The molecule has 1 fully saturated rings. The standard InChI is InChI=1S/C12H15ClN2O5S/c1-19-12(16)10-7-20-5-4-15(10)21(17,18)11-6-8(14)2-3-9(11)13/h2-3,6,10H,4-5,7,14H2,1H3. The van der Waals surface area contributed by atoms with Gasteiger partial charge in [0.1, 0.15) is 10.9 Å². The molecule has 0 spiro atoms. The Morgan fingerprint density at radius 2 is 2.24 bits per heavy atom. The van der Waals surface area contributed by atoms with Gasteiger partial charge in [-0.05, 0) is 18.2 Å². The minimum absolute atomic E-state index is 0.0349. The van der Waals surface area contributed by atoms with Crippen LogP contribution in [0.4, 0.5) is 5.69 Å². The maximum Gasteiger partial charge on any atom is 0.326 e. The monoisotopic (exact) mass is 334 g/mol. The van der Waals surface area contributed by atoms with Crippen molar-refractivity contribution in [2.45, 2.75) is 10.9 Å². The highest BCUT2D eigenvalue weighted by atomic mass is 35.5. The summed E-state index contributed by atoms with van der Waals surface area (Å²) >= 11 is 5.95. The first-order valence-electron chi connectivity index (χ1n) is 6.10. The van der Waals surface area contributed by atoms with E-state index in [1.165, 1.54) is 25.3 Å². The van der Waals surface area contributed by atoms with Gasteiger partial charge in [0, 0.05) is 12.2 Å². The fraction of sp³-hybridized carbons (Fsp3) is 0.417. The Balaban J connectivity index is 2.45. The molecule has 1 heterocycles. The molecule has 0 amide bonds. The van der Waals surface area contributed by atoms with Gasteiger partial charge in [-0.15, -0.1) is 0 Å². The van der Waals surface area contributed by atoms with Gasteiger partial charge in [-0.3, -0.25) is 4.79 Å². The lowest BCUT2D eigenvalue weighted by molar-refractivity contribution is -0.149. The molecule has 1 saturated heterocycles. The number of benzene rings is 1. The lowest BCUT2D eigenvalue weighted by Gasteiger charge is -2.32. The van der Waals surface area contributed by atoms with E-state index in [2.05, 4.69) is 4.74 Å². The van der Waals surface area contributed by atoms with E-state index in [0.717, 1.165) is 4.31 Å². The average Bonchev–Trinajstić information content (AvgIpc) is 2.48. The molecule has 9 heteroatoms. The number of sulfonamides is 1. The zero-order valence-electron chi connectivity index (χ0n) is 11.3. The summed E-state index contributed by atoms with van der Waals surface area (Å²) in [5, 5.41) is 0.0410. The molecule has 2 N–H and O–H groups in total. The van der Waals surface area contributed by atoms with E-state index in [1.807, 2.05) is 0 Å². The largest absolute Gasteiger partial charge is 0.468 e. The van der Waals surface area contributed by atoms with Gasteiger partial charge in [0.15, 0.2) is 0 Å². The van der Waals surface area contributed by atoms with Crippen LogP contribution < -0.4 is 5.73 Å². The SMILES string of the molecule is COC(=O)C1COCCN1S(=O)(=O)c1cc(N)ccc1Cl. The minimum Gasteiger partial charge on any atom is -0.468 e. The molecule has 0 bridgehead atoms. The van der Waals surface area contributed by atoms with Crippen molar-refractivity contribution in [2.75, 3.05) is 32.6 Å². The second kappa shape index (κ2) is 6.18. The maximum atomic E-state index is 12.7. The fourth-order valence-electron chi connectivity index (χ4n) is 2.04. The van der Waals surface area contributed by atoms with E-state index < -0.39 is 22.0 Å². The van der Waals surface area contributed by atoms with Crippen LogP contribution in [0.1, 0.15) is 0 Å². The number of morpholine rings is 1. The van der Waals surface area contributed by atoms with Crippen LogP contribution in [-0.4, -0.2) is 51.6 Å². The Morgan fingerprint density at radius 3 is 2.90 bits per heavy atom. The molecule has 1 aromatic carbocycles. The predicted octanol–water partition coefficient (Wildman–Crippen LogP) is 0.485. The molecular formula is C12H15ClN2O5S. The molecule has 2 rings (SSSR count). The normalized spacial score (nSPS) is 20.2. The van der Waals surface area contributed by atoms with E-state index in [1.54, 1.807) is 0 Å². The molecule has 0 aliphatic carbocycles. The van der Waals surface area contributed by atoms with Gasteiger partial charge in [0.25, 0.3) is 0 Å². The van der Waals surface area contributed by atoms with Crippen LogP contribution in [0.3, 0.4) is 0 Å². The van der Waals surface area contributed by atoms with Crippen LogP contribution >= 0.6 is 11.6 Å². The maximum absolute atomic E-state index is 12.7. The van der Waals surface area contributed by atoms with Crippen LogP contribution in [0.5, 0.6) is 0 Å². The highest BCUT2D eigenvalue weighted by Gasteiger charge is 2.39. The number of nitrogen functional groups attached to an aromatic ring is 1. The number of anilines is 1. The number of esters is 1. The Hall–Kier alpha value is -1.35. The molecule has 1 atom stereocenters. The van der Waals surface area contributed by atoms with Crippen molar-refractivity contribution in [3.63, 3.8) is 0 Å². The van der Waals surface area contributed by atoms with Crippen molar-refractivity contribution >= 4 is 33.3 Å². The summed E-state index contributed by atoms with van der Waals surface area (Å²) in [7, 11) is -2.79. The van der Waals surface area contributed by atoms with Crippen molar-refractivity contribution in [3.8, 4) is 0 Å². The minimum atomic E-state index is -3.98. The smallest absolute Gasteiger partial charge is 0.326 e. The lowest BCUT2D eigenvalue weighted by atomic mass is 10.3. The van der Waals surface area contributed by atoms with Crippen LogP contribution in [0.25, 0.3) is 0 Å². The van der Waals surface area contributed by atoms with Crippen molar-refractivity contribution in [2.24, 2.45) is 0 Å². The zero-order chi connectivity index (χ0) is 15.6. The molecule has 0 aromatic heterocycles. The summed E-state index contributed by atoms with van der Waals surface area (Å²) < 4.78 is 36.2. The van der Waals surface area contributed by atoms with E-state index in [9.17, 15) is 13.2 Å². The van der Waals surface area contributed by atoms with Crippen LogP contribution in [0, 0.1) is 0 Å². The summed E-state index contributed by atoms with van der Waals surface area (Å²) in [4.78, 5) is 11.6. The van der Waals surface area contributed by atoms with Crippen LogP contribution in [-0.2, 0) is 24.3 Å². The second-order valence-electron chi connectivity index (χ2n) is 4.42. The highest BCUT2D eigenvalue weighted by molar-refractivity contribution is 7.89. The Labute approximate surface area is 127 Å². The lowest BCUT2D eigenvalue weighted by Crippen LogP contribution is -2.52. The second-order valence-corrected chi connectivity index (χ2v) is 6.69. The molecule has 0 saturated carbocycles. The topological polar surface area (TPSA) is 98.9 Å². The third-order valence-electron chi connectivity index (χ3n) is 3.09. The molecule has 21 heavy (non-hydrogen) atoms. The molecule has 7 nitrogen and oxygen atoms in total. The summed E-state index contributed by atoms with van der Waals surface area (Å²) in [5.74, 6) is -0.682. The summed E-state index contributed by atoms with van der Waals surface area (Å²) in [5.41, 5.74) is 5.88. The van der Waals surface area contributed by atoms with Crippen molar-refractivity contribution < 1.29 is 22.7 Å². The van der Waals surface area contributed by atoms with Gasteiger partial charge >= 0.3 is 5.97 Å². The van der Waals surface area contributed by atoms with Gasteiger partial charge in [-0.1, -0.05) is 11.6 Å². The highest BCUT2D eigenvalue weighted by Crippen LogP contribution is 2.29. The Morgan fingerprint density at radius 1 is 1.52 bits per heavy atom. The number of rotatable bonds is 3. The molecule has 1 unspecified atom stereocenters. The van der Waals surface area contributed by atoms with Gasteiger partial charge in [-0.25, -0.2) is 8.42 Å². The van der Waals surface area contributed by atoms with E-state index in [-0.39, 0.29) is 35.4 Å². The van der Waals surface area contributed by atoms with E-state index in [4.69, 9.17) is 22.1 Å². The first-order chi connectivity index (χ1) is 9.87. The first-order valence-corrected chi connectivity index (χ1v) is 7.92. The number of halogens is 1. The number of ether oxygens (including phenoxy) is 2. The molecule has 0 radical (unpaired) electrons. The number of nitrogens with two attached hydrogens (primary N) is 1. The summed E-state index contributed by atoms with van der Waals surface area (Å²) in [6.07, 6.45) is 0. The molecule has 1 aromatic rings. The summed E-state index contributed by atoms with van der Waals surface area (Å²) in [6, 6.07) is 3.13. The third kappa shape index (κ3) is 3.13. The number of carbonyl (C=O) groups excluding carboxylic acids is 1. The number of nitrogens with zero attached hydrogens (tertiary/aromatic N) is 1.